The Hall–Kier alpha value is -1.04. The minimum Gasteiger partial charge on any atom is -0.422 e. The van der Waals surface area contributed by atoms with E-state index in [2.05, 4.69) is 0 Å². The van der Waals surface area contributed by atoms with Crippen molar-refractivity contribution in [1.29, 1.82) is 0 Å². The van der Waals surface area contributed by atoms with E-state index < -0.39 is 19.4 Å². The average Bonchev–Trinajstić information content (AvgIpc) is 2.27. The molecule has 108 valence electrons. The normalized spacial score (nSPS) is 13.1. The van der Waals surface area contributed by atoms with Crippen molar-refractivity contribution in [2.45, 2.75) is 6.18 Å². The van der Waals surface area contributed by atoms with E-state index in [1.165, 1.54) is 49.7 Å². The number of alkyl halides is 3. The molecule has 0 amide bonds. The molecule has 0 aliphatic rings. The van der Waals surface area contributed by atoms with E-state index in [1.807, 2.05) is 0 Å². The van der Waals surface area contributed by atoms with Gasteiger partial charge < -0.3 is 4.52 Å². The van der Waals surface area contributed by atoms with Crippen LogP contribution in [0.2, 0.25) is 0 Å². The Bertz CT molecular complexity index is 477. The summed E-state index contributed by atoms with van der Waals surface area (Å²) in [6.45, 7) is 0. The second-order valence-electron chi connectivity index (χ2n) is 4.30. The molecule has 0 fully saturated rings. The monoisotopic (exact) mass is 296 g/mol. The topological polar surface area (TPSA) is 32.8 Å². The first-order valence-corrected chi connectivity index (χ1v) is 6.93. The van der Waals surface area contributed by atoms with Crippen LogP contribution in [0.15, 0.2) is 24.3 Å². The minimum absolute atomic E-state index is 0.0828. The van der Waals surface area contributed by atoms with Crippen LogP contribution < -0.4 is 4.52 Å². The molecule has 0 spiro atoms. The van der Waals surface area contributed by atoms with E-state index in [0.717, 1.165) is 12.1 Å². The molecule has 19 heavy (non-hydrogen) atoms. The molecular weight excluding hydrogens is 280 g/mol. The number of hydrogen-bond acceptors (Lipinski definition) is 2. The molecule has 1 aromatic rings. The molecule has 0 unspecified atom stereocenters. The third-order valence-electron chi connectivity index (χ3n) is 2.40. The van der Waals surface area contributed by atoms with Gasteiger partial charge in [0.05, 0.1) is 5.56 Å². The molecule has 0 aliphatic heterocycles. The summed E-state index contributed by atoms with van der Waals surface area (Å²) in [7, 11) is 2.79. The van der Waals surface area contributed by atoms with Crippen LogP contribution in [-0.2, 0) is 10.7 Å². The fourth-order valence-electron chi connectivity index (χ4n) is 1.39. The van der Waals surface area contributed by atoms with Crippen molar-refractivity contribution in [1.82, 2.24) is 9.34 Å². The van der Waals surface area contributed by atoms with E-state index >= 15 is 0 Å². The van der Waals surface area contributed by atoms with Crippen LogP contribution in [0.4, 0.5) is 13.2 Å². The molecule has 0 radical (unpaired) electrons. The van der Waals surface area contributed by atoms with Crippen LogP contribution >= 0.6 is 7.67 Å². The molecule has 0 aromatic heterocycles. The van der Waals surface area contributed by atoms with E-state index in [1.54, 1.807) is 0 Å². The van der Waals surface area contributed by atoms with Crippen molar-refractivity contribution in [3.8, 4) is 5.75 Å². The largest absolute Gasteiger partial charge is 0.422 e. The number of rotatable bonds is 4. The summed E-state index contributed by atoms with van der Waals surface area (Å²) in [5, 5.41) is 0. The Morgan fingerprint density at radius 1 is 1.11 bits per heavy atom. The van der Waals surface area contributed by atoms with Gasteiger partial charge in [-0.15, -0.1) is 0 Å². The van der Waals surface area contributed by atoms with Gasteiger partial charge in [-0.25, -0.2) is 13.9 Å². The lowest BCUT2D eigenvalue weighted by molar-refractivity contribution is -0.137. The second kappa shape index (κ2) is 5.53. The predicted molar refractivity (Wildman–Crippen MR) is 67.1 cm³/mol. The van der Waals surface area contributed by atoms with Crippen molar-refractivity contribution >= 4 is 7.67 Å². The summed E-state index contributed by atoms with van der Waals surface area (Å²) in [6, 6.07) is 4.32. The van der Waals surface area contributed by atoms with E-state index in [0.29, 0.717) is 0 Å². The number of nitrogens with zero attached hydrogens (tertiary/aromatic N) is 2. The van der Waals surface area contributed by atoms with Gasteiger partial charge in [0.15, 0.2) is 0 Å². The molecule has 0 atom stereocenters. The molecule has 0 saturated heterocycles. The highest BCUT2D eigenvalue weighted by atomic mass is 31.2. The Morgan fingerprint density at radius 3 is 2.05 bits per heavy atom. The van der Waals surface area contributed by atoms with Gasteiger partial charge in [0, 0.05) is 0 Å². The first-order valence-electron chi connectivity index (χ1n) is 5.40. The third-order valence-corrected chi connectivity index (χ3v) is 4.87. The average molecular weight is 296 g/mol. The highest BCUT2D eigenvalue weighted by Gasteiger charge is 2.34. The maximum Gasteiger partial charge on any atom is 0.416 e. The molecule has 1 rings (SSSR count). The summed E-state index contributed by atoms with van der Waals surface area (Å²) < 4.78 is 58.2. The highest BCUT2D eigenvalue weighted by molar-refractivity contribution is 7.54. The molecule has 0 bridgehead atoms. The van der Waals surface area contributed by atoms with Crippen LogP contribution in [0.3, 0.4) is 0 Å². The maximum atomic E-state index is 12.6. The molecule has 0 saturated carbocycles. The molecule has 0 aliphatic carbocycles. The molecule has 0 heterocycles. The zero-order valence-corrected chi connectivity index (χ0v) is 12.0. The molecule has 1 aromatic carbocycles. The van der Waals surface area contributed by atoms with E-state index in [-0.39, 0.29) is 5.75 Å². The van der Waals surface area contributed by atoms with Crippen molar-refractivity contribution in [3.63, 3.8) is 0 Å². The van der Waals surface area contributed by atoms with Gasteiger partial charge in [-0.1, -0.05) is 6.07 Å². The highest BCUT2D eigenvalue weighted by Crippen LogP contribution is 2.50. The van der Waals surface area contributed by atoms with Crippen molar-refractivity contribution in [3.05, 3.63) is 29.8 Å². The van der Waals surface area contributed by atoms with Crippen LogP contribution in [0, 0.1) is 0 Å². The smallest absolute Gasteiger partial charge is 0.416 e. The fraction of sp³-hybridized carbons (Fsp3) is 0.455. The van der Waals surface area contributed by atoms with Crippen molar-refractivity contribution in [2.75, 3.05) is 28.2 Å². The van der Waals surface area contributed by atoms with Gasteiger partial charge in [0.2, 0.25) is 0 Å². The zero-order valence-electron chi connectivity index (χ0n) is 11.1. The Morgan fingerprint density at radius 2 is 1.63 bits per heavy atom. The minimum atomic E-state index is -4.46. The summed E-state index contributed by atoms with van der Waals surface area (Å²) in [5.41, 5.74) is -0.839. The quantitative estimate of drug-likeness (QED) is 0.798. The van der Waals surface area contributed by atoms with E-state index in [9.17, 15) is 17.7 Å². The number of halogens is 3. The molecule has 4 nitrogen and oxygen atoms in total. The molecule has 0 N–H and O–H groups in total. The first-order chi connectivity index (χ1) is 8.57. The summed E-state index contributed by atoms with van der Waals surface area (Å²) in [4.78, 5) is 0. The number of hydrogen-bond donors (Lipinski definition) is 0. The SMILES string of the molecule is CN(C)P(=O)(Oc1cccc(C(F)(F)F)c1)N(C)C. The lowest BCUT2D eigenvalue weighted by Crippen LogP contribution is -2.24. The number of benzene rings is 1. The van der Waals surface area contributed by atoms with Crippen LogP contribution in [0.25, 0.3) is 0 Å². The Balaban J connectivity index is 3.09. The van der Waals surface area contributed by atoms with Gasteiger partial charge in [-0.3, -0.25) is 0 Å². The molecular formula is C11H16F3N2O2P. The van der Waals surface area contributed by atoms with Crippen LogP contribution in [0.5, 0.6) is 5.75 Å². The summed E-state index contributed by atoms with van der Waals surface area (Å²) in [5.74, 6) is -0.0828. The lowest BCUT2D eigenvalue weighted by Gasteiger charge is -2.29. The summed E-state index contributed by atoms with van der Waals surface area (Å²) >= 11 is 0. The molecule has 8 heteroatoms. The first kappa shape index (κ1) is 16.0. The Labute approximate surface area is 110 Å². The third kappa shape index (κ3) is 3.72. The predicted octanol–water partition coefficient (Wildman–Crippen LogP) is 3.32. The maximum absolute atomic E-state index is 12.6. The van der Waals surface area contributed by atoms with Gasteiger partial charge in [0.25, 0.3) is 0 Å². The van der Waals surface area contributed by atoms with E-state index in [4.69, 9.17) is 4.52 Å². The van der Waals surface area contributed by atoms with Gasteiger partial charge in [-0.05, 0) is 46.4 Å². The van der Waals surface area contributed by atoms with Gasteiger partial charge in [0.1, 0.15) is 5.75 Å². The van der Waals surface area contributed by atoms with Gasteiger partial charge >= 0.3 is 13.8 Å². The Kier molecular flexibility index (Phi) is 4.66. The van der Waals surface area contributed by atoms with Gasteiger partial charge in [-0.2, -0.15) is 13.2 Å². The standard InChI is InChI=1S/C11H16F3N2O2P/c1-15(2)19(17,16(3)4)18-10-7-5-6-9(8-10)11(12,13)14/h5-8H,1-4H3. The fourth-order valence-corrected chi connectivity index (χ4v) is 2.82. The summed E-state index contributed by atoms with van der Waals surface area (Å²) in [6.07, 6.45) is -4.46. The zero-order chi connectivity index (χ0) is 14.8. The van der Waals surface area contributed by atoms with Crippen LogP contribution in [0.1, 0.15) is 5.56 Å². The lowest BCUT2D eigenvalue weighted by atomic mass is 10.2. The van der Waals surface area contributed by atoms with Crippen LogP contribution in [-0.4, -0.2) is 37.5 Å². The van der Waals surface area contributed by atoms with Crippen molar-refractivity contribution < 1.29 is 22.3 Å². The van der Waals surface area contributed by atoms with Crippen molar-refractivity contribution in [2.24, 2.45) is 0 Å². The second-order valence-corrected chi connectivity index (χ2v) is 7.07.